The molecule has 0 aliphatic heterocycles. The van der Waals surface area contributed by atoms with Gasteiger partial charge in [0.2, 0.25) is 0 Å². The Morgan fingerprint density at radius 3 is 2.53 bits per heavy atom. The number of hydrogen-bond acceptors (Lipinski definition) is 3. The molecule has 2 N–H and O–H groups in total. The van der Waals surface area contributed by atoms with E-state index >= 15 is 0 Å². The van der Waals surface area contributed by atoms with Gasteiger partial charge in [0.05, 0.1) is 11.4 Å². The molecule has 0 bridgehead atoms. The van der Waals surface area contributed by atoms with Crippen molar-refractivity contribution in [3.05, 3.63) is 57.9 Å². The molecule has 3 heteroatoms. The van der Waals surface area contributed by atoms with Gasteiger partial charge in [0, 0.05) is 6.04 Å². The average molecular weight is 255 g/mol. The van der Waals surface area contributed by atoms with Crippen molar-refractivity contribution in [3.63, 3.8) is 0 Å². The highest BCUT2D eigenvalue weighted by molar-refractivity contribution is 5.33. The van der Waals surface area contributed by atoms with Crippen molar-refractivity contribution in [1.82, 2.24) is 10.2 Å². The van der Waals surface area contributed by atoms with Gasteiger partial charge in [-0.3, -0.25) is 0 Å². The Morgan fingerprint density at radius 1 is 1.05 bits per heavy atom. The van der Waals surface area contributed by atoms with Crippen LogP contribution in [0.3, 0.4) is 0 Å². The lowest BCUT2D eigenvalue weighted by Crippen LogP contribution is -2.16. The summed E-state index contributed by atoms with van der Waals surface area (Å²) in [5, 5.41) is 8.21. The number of hydrogen-bond donors (Lipinski definition) is 1. The third-order valence-corrected chi connectivity index (χ3v) is 3.48. The molecule has 0 spiro atoms. The summed E-state index contributed by atoms with van der Waals surface area (Å²) in [7, 11) is 0. The zero-order valence-electron chi connectivity index (χ0n) is 12.1. The molecular formula is C16H21N3. The number of aromatic nitrogens is 2. The molecule has 0 aliphatic carbocycles. The van der Waals surface area contributed by atoms with Crippen molar-refractivity contribution in [2.45, 2.75) is 40.2 Å². The fourth-order valence-electron chi connectivity index (χ4n) is 2.31. The molecule has 19 heavy (non-hydrogen) atoms. The van der Waals surface area contributed by atoms with Crippen LogP contribution in [0, 0.1) is 27.7 Å². The van der Waals surface area contributed by atoms with E-state index in [0.717, 1.165) is 23.4 Å². The van der Waals surface area contributed by atoms with E-state index in [1.54, 1.807) is 0 Å². The molecule has 0 aliphatic rings. The van der Waals surface area contributed by atoms with Gasteiger partial charge in [-0.2, -0.15) is 10.2 Å². The van der Waals surface area contributed by atoms with Gasteiger partial charge in [-0.25, -0.2) is 0 Å². The predicted octanol–water partition coefficient (Wildman–Crippen LogP) is 2.95. The van der Waals surface area contributed by atoms with Crippen LogP contribution in [0.4, 0.5) is 0 Å². The van der Waals surface area contributed by atoms with E-state index in [0.29, 0.717) is 0 Å². The van der Waals surface area contributed by atoms with Crippen molar-refractivity contribution in [2.75, 3.05) is 0 Å². The summed E-state index contributed by atoms with van der Waals surface area (Å²) < 4.78 is 0. The first-order chi connectivity index (χ1) is 8.97. The summed E-state index contributed by atoms with van der Waals surface area (Å²) in [4.78, 5) is 0. The van der Waals surface area contributed by atoms with Crippen molar-refractivity contribution in [2.24, 2.45) is 5.73 Å². The summed E-state index contributed by atoms with van der Waals surface area (Å²) in [5.41, 5.74) is 13.1. The second-order valence-electron chi connectivity index (χ2n) is 5.27. The van der Waals surface area contributed by atoms with Crippen LogP contribution < -0.4 is 5.73 Å². The summed E-state index contributed by atoms with van der Waals surface area (Å²) in [6.45, 7) is 8.15. The smallest absolute Gasteiger partial charge is 0.0648 e. The predicted molar refractivity (Wildman–Crippen MR) is 78.1 cm³/mol. The number of aryl methyl sites for hydroxylation is 4. The zero-order valence-corrected chi connectivity index (χ0v) is 12.1. The molecular weight excluding hydrogens is 234 g/mol. The van der Waals surface area contributed by atoms with Crippen LogP contribution in [0.5, 0.6) is 0 Å². The van der Waals surface area contributed by atoms with Crippen LogP contribution >= 0.6 is 0 Å². The molecule has 100 valence electrons. The number of nitrogens with two attached hydrogens (primary N) is 1. The van der Waals surface area contributed by atoms with E-state index in [-0.39, 0.29) is 6.04 Å². The highest BCUT2D eigenvalue weighted by Gasteiger charge is 2.13. The fraction of sp³-hybridized carbons (Fsp3) is 0.375. The fourth-order valence-corrected chi connectivity index (χ4v) is 2.31. The molecule has 0 fully saturated rings. The first-order valence-corrected chi connectivity index (χ1v) is 6.60. The Labute approximate surface area is 114 Å². The van der Waals surface area contributed by atoms with E-state index in [1.165, 1.54) is 16.7 Å². The highest BCUT2D eigenvalue weighted by Crippen LogP contribution is 2.21. The first-order valence-electron chi connectivity index (χ1n) is 6.60. The standard InChI is InChI=1S/C16H21N3/c1-10-5-6-11(2)14(7-10)9-16(17)15-8-12(3)18-19-13(15)4/h5-8,16H,9,17H2,1-4H3. The molecule has 2 rings (SSSR count). The number of benzene rings is 1. The monoisotopic (exact) mass is 255 g/mol. The number of nitrogens with zero attached hydrogens (tertiary/aromatic N) is 2. The second kappa shape index (κ2) is 5.49. The Kier molecular flexibility index (Phi) is 3.96. The minimum Gasteiger partial charge on any atom is -0.324 e. The van der Waals surface area contributed by atoms with Crippen LogP contribution in [0.1, 0.15) is 39.7 Å². The summed E-state index contributed by atoms with van der Waals surface area (Å²) in [6.07, 6.45) is 0.833. The average Bonchev–Trinajstić information content (AvgIpc) is 2.36. The third kappa shape index (κ3) is 3.18. The van der Waals surface area contributed by atoms with E-state index in [1.807, 2.05) is 19.9 Å². The SMILES string of the molecule is Cc1ccc(C)c(CC(N)c2cc(C)nnc2C)c1. The van der Waals surface area contributed by atoms with Crippen molar-refractivity contribution >= 4 is 0 Å². The van der Waals surface area contributed by atoms with Gasteiger partial charge in [-0.05, 0) is 56.9 Å². The molecule has 3 nitrogen and oxygen atoms in total. The molecule has 0 saturated heterocycles. The van der Waals surface area contributed by atoms with Crippen molar-refractivity contribution in [1.29, 1.82) is 0 Å². The lowest BCUT2D eigenvalue weighted by atomic mass is 9.95. The Hall–Kier alpha value is -1.74. The Balaban J connectivity index is 2.27. The van der Waals surface area contributed by atoms with Crippen LogP contribution in [-0.2, 0) is 6.42 Å². The lowest BCUT2D eigenvalue weighted by Gasteiger charge is -2.16. The van der Waals surface area contributed by atoms with Gasteiger partial charge in [0.25, 0.3) is 0 Å². The summed E-state index contributed by atoms with van der Waals surface area (Å²) >= 11 is 0. The summed E-state index contributed by atoms with van der Waals surface area (Å²) in [6, 6.07) is 8.51. The van der Waals surface area contributed by atoms with Crippen LogP contribution in [-0.4, -0.2) is 10.2 Å². The highest BCUT2D eigenvalue weighted by atomic mass is 15.1. The maximum absolute atomic E-state index is 6.35. The van der Waals surface area contributed by atoms with E-state index in [9.17, 15) is 0 Å². The maximum Gasteiger partial charge on any atom is 0.0648 e. The third-order valence-electron chi connectivity index (χ3n) is 3.48. The topological polar surface area (TPSA) is 51.8 Å². The van der Waals surface area contributed by atoms with Crippen molar-refractivity contribution < 1.29 is 0 Å². The van der Waals surface area contributed by atoms with Gasteiger partial charge in [-0.1, -0.05) is 23.8 Å². The molecule has 0 radical (unpaired) electrons. The molecule has 0 amide bonds. The minimum atomic E-state index is -0.0327. The molecule has 1 atom stereocenters. The van der Waals surface area contributed by atoms with E-state index < -0.39 is 0 Å². The van der Waals surface area contributed by atoms with Crippen LogP contribution in [0.2, 0.25) is 0 Å². The first kappa shape index (κ1) is 13.7. The normalized spacial score (nSPS) is 12.5. The molecule has 1 heterocycles. The number of rotatable bonds is 3. The van der Waals surface area contributed by atoms with Gasteiger partial charge < -0.3 is 5.73 Å². The molecule has 1 unspecified atom stereocenters. The minimum absolute atomic E-state index is 0.0327. The second-order valence-corrected chi connectivity index (χ2v) is 5.27. The van der Waals surface area contributed by atoms with E-state index in [2.05, 4.69) is 42.2 Å². The molecule has 0 saturated carbocycles. The van der Waals surface area contributed by atoms with Gasteiger partial charge >= 0.3 is 0 Å². The van der Waals surface area contributed by atoms with Crippen LogP contribution in [0.25, 0.3) is 0 Å². The van der Waals surface area contributed by atoms with Gasteiger partial charge in [0.1, 0.15) is 0 Å². The molecule has 2 aromatic rings. The van der Waals surface area contributed by atoms with Crippen molar-refractivity contribution in [3.8, 4) is 0 Å². The quantitative estimate of drug-likeness (QED) is 0.917. The van der Waals surface area contributed by atoms with Crippen LogP contribution in [0.15, 0.2) is 24.3 Å². The molecule has 1 aromatic heterocycles. The Bertz CT molecular complexity index is 591. The molecule has 1 aromatic carbocycles. The maximum atomic E-state index is 6.35. The zero-order chi connectivity index (χ0) is 14.0. The Morgan fingerprint density at radius 2 is 1.79 bits per heavy atom. The van der Waals surface area contributed by atoms with Gasteiger partial charge in [0.15, 0.2) is 0 Å². The lowest BCUT2D eigenvalue weighted by molar-refractivity contribution is 0.697. The van der Waals surface area contributed by atoms with Gasteiger partial charge in [-0.15, -0.1) is 0 Å². The largest absolute Gasteiger partial charge is 0.324 e. The summed E-state index contributed by atoms with van der Waals surface area (Å²) in [5.74, 6) is 0. The van der Waals surface area contributed by atoms with E-state index in [4.69, 9.17) is 5.73 Å².